The second kappa shape index (κ2) is 7.81. The molecule has 0 saturated heterocycles. The Kier molecular flexibility index (Phi) is 5.18. The summed E-state index contributed by atoms with van der Waals surface area (Å²) < 4.78 is 33.9. The number of nitrogens with one attached hydrogen (secondary N) is 1. The fourth-order valence-electron chi connectivity index (χ4n) is 3.11. The van der Waals surface area contributed by atoms with Gasteiger partial charge in [-0.25, -0.2) is 18.1 Å². The van der Waals surface area contributed by atoms with Crippen molar-refractivity contribution in [3.63, 3.8) is 0 Å². The zero-order chi connectivity index (χ0) is 21.3. The van der Waals surface area contributed by atoms with Crippen LogP contribution in [0.15, 0.2) is 62.7 Å². The molecule has 0 fully saturated rings. The fourth-order valence-corrected chi connectivity index (χ4v) is 4.11. The van der Waals surface area contributed by atoms with Gasteiger partial charge in [-0.15, -0.1) is 0 Å². The molecule has 9 nitrogen and oxygen atoms in total. The van der Waals surface area contributed by atoms with E-state index >= 15 is 0 Å². The number of hydrogen-bond donors (Lipinski definition) is 1. The van der Waals surface area contributed by atoms with E-state index in [1.54, 1.807) is 47.9 Å². The van der Waals surface area contributed by atoms with Crippen LogP contribution in [0.4, 0.5) is 0 Å². The van der Waals surface area contributed by atoms with E-state index < -0.39 is 10.0 Å². The van der Waals surface area contributed by atoms with Crippen molar-refractivity contribution in [2.45, 2.75) is 31.8 Å². The average Bonchev–Trinajstić information content (AvgIpc) is 3.23. The van der Waals surface area contributed by atoms with Crippen molar-refractivity contribution in [2.24, 2.45) is 0 Å². The normalized spacial score (nSPS) is 11.8. The molecule has 2 heterocycles. The number of aromatic nitrogens is 4. The highest BCUT2D eigenvalue weighted by atomic mass is 32.2. The Morgan fingerprint density at radius 3 is 2.60 bits per heavy atom. The number of rotatable bonds is 6. The minimum absolute atomic E-state index is 0.120. The Morgan fingerprint density at radius 2 is 1.87 bits per heavy atom. The van der Waals surface area contributed by atoms with Crippen molar-refractivity contribution in [1.29, 1.82) is 0 Å². The lowest BCUT2D eigenvalue weighted by molar-refractivity contribution is 0.376. The third kappa shape index (κ3) is 3.74. The third-order valence-corrected chi connectivity index (χ3v) is 6.04. The van der Waals surface area contributed by atoms with Crippen LogP contribution < -0.4 is 10.3 Å². The molecule has 0 bridgehead atoms. The van der Waals surface area contributed by atoms with E-state index in [9.17, 15) is 13.2 Å². The average molecular weight is 425 g/mol. The standard InChI is InChI=1S/C20H19N5O4S/c1-3-25-17-10-9-14(11-16(17)22-13(2)20(25)26)19-23-18(29-24-19)12-21-30(27,28)15-7-5-4-6-8-15/h4-11,21H,3,12H2,1-2H3. The molecule has 2 aromatic carbocycles. The molecule has 4 aromatic rings. The summed E-state index contributed by atoms with van der Waals surface area (Å²) in [5, 5.41) is 3.93. The van der Waals surface area contributed by atoms with E-state index in [0.29, 0.717) is 29.1 Å². The number of sulfonamides is 1. The number of aryl methyl sites for hydroxylation is 2. The van der Waals surface area contributed by atoms with Gasteiger partial charge in [-0.2, -0.15) is 4.98 Å². The summed E-state index contributed by atoms with van der Waals surface area (Å²) in [5.74, 6) is 0.437. The van der Waals surface area contributed by atoms with E-state index in [1.165, 1.54) is 12.1 Å². The lowest BCUT2D eigenvalue weighted by atomic mass is 10.1. The van der Waals surface area contributed by atoms with Crippen molar-refractivity contribution in [1.82, 2.24) is 24.4 Å². The molecule has 154 valence electrons. The third-order valence-electron chi connectivity index (χ3n) is 4.62. The van der Waals surface area contributed by atoms with Gasteiger partial charge in [0.25, 0.3) is 5.56 Å². The molecular formula is C20H19N5O4S. The number of nitrogens with zero attached hydrogens (tertiary/aromatic N) is 4. The Labute approximate surface area is 172 Å². The lowest BCUT2D eigenvalue weighted by Crippen LogP contribution is -2.23. The molecule has 0 aliphatic carbocycles. The van der Waals surface area contributed by atoms with Gasteiger partial charge < -0.3 is 9.09 Å². The van der Waals surface area contributed by atoms with Crippen LogP contribution >= 0.6 is 0 Å². The van der Waals surface area contributed by atoms with Crippen molar-refractivity contribution in [3.05, 3.63) is 70.5 Å². The van der Waals surface area contributed by atoms with Gasteiger partial charge in [-0.3, -0.25) is 4.79 Å². The van der Waals surface area contributed by atoms with Gasteiger partial charge in [0.2, 0.25) is 21.7 Å². The summed E-state index contributed by atoms with van der Waals surface area (Å²) in [4.78, 5) is 21.0. The molecule has 10 heteroatoms. The van der Waals surface area contributed by atoms with Crippen molar-refractivity contribution >= 4 is 21.1 Å². The van der Waals surface area contributed by atoms with E-state index in [4.69, 9.17) is 4.52 Å². The zero-order valence-electron chi connectivity index (χ0n) is 16.4. The molecule has 0 unspecified atom stereocenters. The van der Waals surface area contributed by atoms with E-state index in [0.717, 1.165) is 5.52 Å². The van der Waals surface area contributed by atoms with Crippen LogP contribution in [-0.4, -0.2) is 28.1 Å². The van der Waals surface area contributed by atoms with Crippen LogP contribution in [-0.2, 0) is 23.1 Å². The first-order chi connectivity index (χ1) is 14.4. The summed E-state index contributed by atoms with van der Waals surface area (Å²) in [7, 11) is -3.68. The molecule has 30 heavy (non-hydrogen) atoms. The molecule has 2 aromatic heterocycles. The topological polar surface area (TPSA) is 120 Å². The van der Waals surface area contributed by atoms with Gasteiger partial charge in [0, 0.05) is 12.1 Å². The predicted molar refractivity (Wildman–Crippen MR) is 110 cm³/mol. The summed E-state index contributed by atoms with van der Waals surface area (Å²) >= 11 is 0. The highest BCUT2D eigenvalue weighted by Gasteiger charge is 2.16. The first-order valence-electron chi connectivity index (χ1n) is 9.28. The second-order valence-electron chi connectivity index (χ2n) is 6.60. The molecule has 0 spiro atoms. The lowest BCUT2D eigenvalue weighted by Gasteiger charge is -2.09. The quantitative estimate of drug-likeness (QED) is 0.503. The van der Waals surface area contributed by atoms with Crippen LogP contribution in [0.3, 0.4) is 0 Å². The zero-order valence-corrected chi connectivity index (χ0v) is 17.2. The molecule has 0 aliphatic rings. The molecule has 1 N–H and O–H groups in total. The van der Waals surface area contributed by atoms with Crippen molar-refractivity contribution < 1.29 is 12.9 Å². The minimum Gasteiger partial charge on any atom is -0.338 e. The largest absolute Gasteiger partial charge is 0.338 e. The van der Waals surface area contributed by atoms with Crippen LogP contribution in [0.25, 0.3) is 22.4 Å². The first kappa shape index (κ1) is 19.9. The second-order valence-corrected chi connectivity index (χ2v) is 8.37. The summed E-state index contributed by atoms with van der Waals surface area (Å²) in [6, 6.07) is 13.4. The van der Waals surface area contributed by atoms with Crippen LogP contribution in [0, 0.1) is 6.92 Å². The minimum atomic E-state index is -3.68. The van der Waals surface area contributed by atoms with Gasteiger partial charge in [0.15, 0.2) is 0 Å². The Morgan fingerprint density at radius 1 is 1.10 bits per heavy atom. The smallest absolute Gasteiger partial charge is 0.272 e. The molecular weight excluding hydrogens is 406 g/mol. The highest BCUT2D eigenvalue weighted by Crippen LogP contribution is 2.21. The van der Waals surface area contributed by atoms with Gasteiger partial charge in [0.1, 0.15) is 5.69 Å². The molecule has 0 saturated carbocycles. The van der Waals surface area contributed by atoms with Gasteiger partial charge in [-0.05, 0) is 44.2 Å². The van der Waals surface area contributed by atoms with Crippen LogP contribution in [0.5, 0.6) is 0 Å². The van der Waals surface area contributed by atoms with Gasteiger partial charge >= 0.3 is 0 Å². The summed E-state index contributed by atoms with van der Waals surface area (Å²) in [6.45, 7) is 3.97. The SMILES string of the molecule is CCn1c(=O)c(C)nc2cc(-c3noc(CNS(=O)(=O)c4ccccc4)n3)ccc21. The van der Waals surface area contributed by atoms with E-state index in [-0.39, 0.29) is 22.9 Å². The predicted octanol–water partition coefficient (Wildman–Crippen LogP) is 2.25. The van der Waals surface area contributed by atoms with E-state index in [2.05, 4.69) is 19.8 Å². The molecule has 0 atom stereocenters. The van der Waals surface area contributed by atoms with Crippen LogP contribution in [0.2, 0.25) is 0 Å². The Balaban J connectivity index is 1.59. The number of hydrogen-bond acceptors (Lipinski definition) is 7. The van der Waals surface area contributed by atoms with Gasteiger partial charge in [0.05, 0.1) is 22.5 Å². The van der Waals surface area contributed by atoms with Crippen molar-refractivity contribution in [2.75, 3.05) is 0 Å². The first-order valence-corrected chi connectivity index (χ1v) is 10.8. The Hall–Kier alpha value is -3.37. The maximum absolute atomic E-state index is 12.3. The van der Waals surface area contributed by atoms with Crippen molar-refractivity contribution in [3.8, 4) is 11.4 Å². The Bertz CT molecular complexity index is 1380. The number of benzene rings is 2. The molecule has 4 rings (SSSR count). The molecule has 0 radical (unpaired) electrons. The highest BCUT2D eigenvalue weighted by molar-refractivity contribution is 7.89. The molecule has 0 aliphatic heterocycles. The van der Waals surface area contributed by atoms with E-state index in [1.807, 2.05) is 6.92 Å². The van der Waals surface area contributed by atoms with Gasteiger partial charge in [-0.1, -0.05) is 23.4 Å². The monoisotopic (exact) mass is 425 g/mol. The summed E-state index contributed by atoms with van der Waals surface area (Å²) in [5.41, 5.74) is 2.30. The summed E-state index contributed by atoms with van der Waals surface area (Å²) in [6.07, 6.45) is 0. The molecule has 0 amide bonds. The fraction of sp³-hybridized carbons (Fsp3) is 0.200. The van der Waals surface area contributed by atoms with Crippen LogP contribution in [0.1, 0.15) is 18.5 Å². The number of fused-ring (bicyclic) bond motifs is 1. The maximum Gasteiger partial charge on any atom is 0.272 e. The maximum atomic E-state index is 12.3.